The minimum absolute atomic E-state index is 0.250. The molecule has 23 heavy (non-hydrogen) atoms. The third kappa shape index (κ3) is 3.47. The first-order valence-corrected chi connectivity index (χ1v) is 7.22. The molecule has 1 N–H and O–H groups in total. The predicted molar refractivity (Wildman–Crippen MR) is 89.3 cm³/mol. The molecular formula is C19H15N3O. The largest absolute Gasteiger partial charge is 0.508 e. The number of anilines is 2. The zero-order valence-corrected chi connectivity index (χ0v) is 12.4. The minimum atomic E-state index is 0.250. The molecule has 4 nitrogen and oxygen atoms in total. The molecule has 0 atom stereocenters. The summed E-state index contributed by atoms with van der Waals surface area (Å²) in [5.74, 6) is 0.250. The van der Waals surface area contributed by atoms with Gasteiger partial charge in [0.25, 0.3) is 0 Å². The molecule has 1 aromatic heterocycles. The molecule has 0 bridgehead atoms. The second-order valence-electron chi connectivity index (χ2n) is 5.12. The first-order chi connectivity index (χ1) is 11.3. The van der Waals surface area contributed by atoms with Gasteiger partial charge in [0.15, 0.2) is 0 Å². The highest BCUT2D eigenvalue weighted by Gasteiger charge is 2.10. The van der Waals surface area contributed by atoms with Crippen LogP contribution in [-0.4, -0.2) is 10.1 Å². The average Bonchev–Trinajstić information content (AvgIpc) is 2.62. The van der Waals surface area contributed by atoms with E-state index in [4.69, 9.17) is 5.26 Å². The van der Waals surface area contributed by atoms with Crippen molar-refractivity contribution < 1.29 is 5.11 Å². The van der Waals surface area contributed by atoms with Crippen LogP contribution in [0.3, 0.4) is 0 Å². The van der Waals surface area contributed by atoms with Crippen LogP contribution in [0.2, 0.25) is 0 Å². The Morgan fingerprint density at radius 1 is 0.957 bits per heavy atom. The van der Waals surface area contributed by atoms with Crippen molar-refractivity contribution in [3.63, 3.8) is 0 Å². The third-order valence-electron chi connectivity index (χ3n) is 3.54. The van der Waals surface area contributed by atoms with Crippen LogP contribution in [0, 0.1) is 11.3 Å². The zero-order valence-electron chi connectivity index (χ0n) is 12.4. The van der Waals surface area contributed by atoms with E-state index in [-0.39, 0.29) is 5.75 Å². The number of rotatable bonds is 4. The summed E-state index contributed by atoms with van der Waals surface area (Å²) >= 11 is 0. The van der Waals surface area contributed by atoms with Crippen molar-refractivity contribution in [1.29, 1.82) is 5.26 Å². The van der Waals surface area contributed by atoms with Crippen LogP contribution in [0.5, 0.6) is 5.75 Å². The fourth-order valence-electron chi connectivity index (χ4n) is 2.34. The highest BCUT2D eigenvalue weighted by molar-refractivity contribution is 5.63. The average molecular weight is 301 g/mol. The molecule has 1 heterocycles. The van der Waals surface area contributed by atoms with Crippen molar-refractivity contribution in [2.75, 3.05) is 4.90 Å². The maximum atomic E-state index is 9.43. The lowest BCUT2D eigenvalue weighted by Gasteiger charge is -2.25. The van der Waals surface area contributed by atoms with Crippen molar-refractivity contribution in [3.8, 4) is 11.8 Å². The van der Waals surface area contributed by atoms with Gasteiger partial charge in [-0.2, -0.15) is 5.26 Å². The van der Waals surface area contributed by atoms with Gasteiger partial charge in [0.1, 0.15) is 5.75 Å². The van der Waals surface area contributed by atoms with Gasteiger partial charge in [-0.3, -0.25) is 4.98 Å². The molecule has 0 fully saturated rings. The number of hydrogen-bond acceptors (Lipinski definition) is 4. The lowest BCUT2D eigenvalue weighted by atomic mass is 10.1. The van der Waals surface area contributed by atoms with Gasteiger partial charge in [-0.15, -0.1) is 0 Å². The molecule has 112 valence electrons. The number of nitriles is 1. The predicted octanol–water partition coefficient (Wildman–Crippen LogP) is 4.00. The Morgan fingerprint density at radius 3 is 2.30 bits per heavy atom. The van der Waals surface area contributed by atoms with Gasteiger partial charge in [0.05, 0.1) is 23.5 Å². The van der Waals surface area contributed by atoms with Gasteiger partial charge < -0.3 is 10.0 Å². The normalized spacial score (nSPS) is 10.0. The van der Waals surface area contributed by atoms with Gasteiger partial charge in [0.2, 0.25) is 0 Å². The summed E-state index contributed by atoms with van der Waals surface area (Å²) in [5.41, 5.74) is 3.64. The maximum absolute atomic E-state index is 9.43. The Hall–Kier alpha value is -3.32. The highest BCUT2D eigenvalue weighted by Crippen LogP contribution is 2.27. The highest BCUT2D eigenvalue weighted by atomic mass is 16.3. The van der Waals surface area contributed by atoms with Crippen LogP contribution in [0.25, 0.3) is 0 Å². The van der Waals surface area contributed by atoms with Gasteiger partial charge in [-0.05, 0) is 54.1 Å². The van der Waals surface area contributed by atoms with E-state index < -0.39 is 0 Å². The van der Waals surface area contributed by atoms with E-state index in [0.717, 1.165) is 16.9 Å². The van der Waals surface area contributed by atoms with E-state index in [9.17, 15) is 5.11 Å². The number of phenolic OH excluding ortho intramolecular Hbond substituents is 1. The van der Waals surface area contributed by atoms with Crippen LogP contribution >= 0.6 is 0 Å². The molecule has 0 aliphatic carbocycles. The summed E-state index contributed by atoms with van der Waals surface area (Å²) in [4.78, 5) is 6.30. The molecule has 0 saturated heterocycles. The first-order valence-electron chi connectivity index (χ1n) is 7.22. The van der Waals surface area contributed by atoms with E-state index in [1.165, 1.54) is 0 Å². The van der Waals surface area contributed by atoms with Gasteiger partial charge in [-0.25, -0.2) is 0 Å². The van der Waals surface area contributed by atoms with Crippen molar-refractivity contribution in [1.82, 2.24) is 4.98 Å². The number of benzene rings is 2. The van der Waals surface area contributed by atoms with Crippen molar-refractivity contribution >= 4 is 11.4 Å². The molecule has 3 rings (SSSR count). The standard InChI is InChI=1S/C19H15N3O/c20-12-15-3-7-17(8-4-15)22(18-2-1-11-21-13-18)14-16-5-9-19(23)10-6-16/h1-11,13,23H,14H2. The topological polar surface area (TPSA) is 60.2 Å². The summed E-state index contributed by atoms with van der Waals surface area (Å²) in [6.45, 7) is 0.637. The summed E-state index contributed by atoms with van der Waals surface area (Å²) in [6.07, 6.45) is 3.54. The minimum Gasteiger partial charge on any atom is -0.508 e. The first kappa shape index (κ1) is 14.6. The Balaban J connectivity index is 1.96. The number of pyridine rings is 1. The smallest absolute Gasteiger partial charge is 0.115 e. The van der Waals surface area contributed by atoms with Gasteiger partial charge >= 0.3 is 0 Å². The van der Waals surface area contributed by atoms with Crippen LogP contribution < -0.4 is 4.90 Å². The molecule has 3 aromatic rings. The van der Waals surface area contributed by atoms with Crippen molar-refractivity contribution in [3.05, 3.63) is 84.2 Å². The number of aromatic hydroxyl groups is 1. The second-order valence-corrected chi connectivity index (χ2v) is 5.12. The molecule has 0 amide bonds. The van der Waals surface area contributed by atoms with Gasteiger partial charge in [-0.1, -0.05) is 12.1 Å². The SMILES string of the molecule is N#Cc1ccc(N(Cc2ccc(O)cc2)c2cccnc2)cc1. The summed E-state index contributed by atoms with van der Waals surface area (Å²) in [5, 5.41) is 18.4. The lowest BCUT2D eigenvalue weighted by Crippen LogP contribution is -2.16. The molecule has 0 saturated carbocycles. The quantitative estimate of drug-likeness (QED) is 0.791. The van der Waals surface area contributed by atoms with Crippen molar-refractivity contribution in [2.24, 2.45) is 0 Å². The lowest BCUT2D eigenvalue weighted by molar-refractivity contribution is 0.475. The van der Waals surface area contributed by atoms with E-state index in [1.807, 2.05) is 36.4 Å². The number of nitrogens with zero attached hydrogens (tertiary/aromatic N) is 3. The number of phenols is 1. The summed E-state index contributed by atoms with van der Waals surface area (Å²) in [7, 11) is 0. The molecule has 0 spiro atoms. The van der Waals surface area contributed by atoms with E-state index in [1.54, 1.807) is 36.7 Å². The Labute approximate surface area is 134 Å². The molecule has 0 aliphatic rings. The van der Waals surface area contributed by atoms with Gasteiger partial charge in [0, 0.05) is 18.4 Å². The third-order valence-corrected chi connectivity index (χ3v) is 3.54. The van der Waals surface area contributed by atoms with E-state index in [2.05, 4.69) is 16.0 Å². The molecular weight excluding hydrogens is 286 g/mol. The molecule has 0 aliphatic heterocycles. The van der Waals surface area contributed by atoms with Crippen LogP contribution in [0.15, 0.2) is 73.1 Å². The fraction of sp³-hybridized carbons (Fsp3) is 0.0526. The van der Waals surface area contributed by atoms with Crippen molar-refractivity contribution in [2.45, 2.75) is 6.54 Å². The fourth-order valence-corrected chi connectivity index (χ4v) is 2.34. The molecule has 0 unspecified atom stereocenters. The molecule has 2 aromatic carbocycles. The zero-order chi connectivity index (χ0) is 16.1. The monoisotopic (exact) mass is 301 g/mol. The van der Waals surface area contributed by atoms with Crippen LogP contribution in [-0.2, 0) is 6.54 Å². The maximum Gasteiger partial charge on any atom is 0.115 e. The summed E-state index contributed by atoms with van der Waals surface area (Å²) < 4.78 is 0. The Bertz CT molecular complexity index is 806. The van der Waals surface area contributed by atoms with E-state index in [0.29, 0.717) is 12.1 Å². The Morgan fingerprint density at radius 2 is 1.70 bits per heavy atom. The molecule has 0 radical (unpaired) electrons. The second kappa shape index (κ2) is 6.63. The van der Waals surface area contributed by atoms with Crippen LogP contribution in [0.1, 0.15) is 11.1 Å². The Kier molecular flexibility index (Phi) is 4.21. The van der Waals surface area contributed by atoms with Crippen LogP contribution in [0.4, 0.5) is 11.4 Å². The van der Waals surface area contributed by atoms with E-state index >= 15 is 0 Å². The summed E-state index contributed by atoms with van der Waals surface area (Å²) in [6, 6.07) is 20.6. The number of hydrogen-bond donors (Lipinski definition) is 1. The number of aromatic nitrogens is 1. The molecule has 4 heteroatoms.